The number of aliphatic hydroxyl groups excluding tert-OH is 1. The van der Waals surface area contributed by atoms with Gasteiger partial charge in [-0.1, -0.05) is 273 Å². The summed E-state index contributed by atoms with van der Waals surface area (Å²) in [5.41, 5.74) is 0. The van der Waals surface area contributed by atoms with Gasteiger partial charge >= 0.3 is 39.5 Å². The number of allylic oxidation sites excluding steroid dienone is 16. The van der Waals surface area contributed by atoms with Crippen LogP contribution in [0.1, 0.15) is 349 Å². The highest BCUT2D eigenvalue weighted by atomic mass is 31.2. The molecule has 3 N–H and O–H groups in total. The predicted molar refractivity (Wildman–Crippen MR) is 418 cm³/mol. The van der Waals surface area contributed by atoms with E-state index in [1.807, 2.05) is 0 Å². The molecule has 0 fully saturated rings. The van der Waals surface area contributed by atoms with Crippen molar-refractivity contribution in [2.75, 3.05) is 39.6 Å². The van der Waals surface area contributed by atoms with Gasteiger partial charge in [-0.25, -0.2) is 9.13 Å². The van der Waals surface area contributed by atoms with E-state index in [1.165, 1.54) is 89.9 Å². The lowest BCUT2D eigenvalue weighted by atomic mass is 10.1. The zero-order valence-electron chi connectivity index (χ0n) is 64.5. The van der Waals surface area contributed by atoms with Crippen LogP contribution in [-0.4, -0.2) is 96.7 Å². The number of hydrogen-bond donors (Lipinski definition) is 3. The molecule has 0 aromatic heterocycles. The molecule has 0 aliphatic rings. The molecule has 0 spiro atoms. The predicted octanol–water partition coefficient (Wildman–Crippen LogP) is 23.6. The van der Waals surface area contributed by atoms with Crippen LogP contribution in [0.25, 0.3) is 0 Å². The van der Waals surface area contributed by atoms with Gasteiger partial charge < -0.3 is 33.8 Å². The molecule has 0 saturated heterocycles. The van der Waals surface area contributed by atoms with Gasteiger partial charge in [-0.3, -0.25) is 37.3 Å². The van der Waals surface area contributed by atoms with Crippen molar-refractivity contribution in [2.24, 2.45) is 0 Å². The van der Waals surface area contributed by atoms with Crippen LogP contribution < -0.4 is 0 Å². The number of ether oxygens (including phenoxy) is 4. The Hall–Kier alpha value is -4.02. The molecule has 0 aromatic carbocycles. The topological polar surface area (TPSA) is 237 Å². The van der Waals surface area contributed by atoms with E-state index < -0.39 is 97.5 Å². The first kappa shape index (κ1) is 98.0. The van der Waals surface area contributed by atoms with Crippen molar-refractivity contribution in [2.45, 2.75) is 367 Å². The molecule has 0 bridgehead atoms. The smallest absolute Gasteiger partial charge is 0.462 e. The number of phosphoric ester groups is 2. The molecule has 0 saturated carbocycles. The highest BCUT2D eigenvalue weighted by Gasteiger charge is 2.30. The Bertz CT molecular complexity index is 2310. The van der Waals surface area contributed by atoms with Crippen LogP contribution in [0.4, 0.5) is 0 Å². The lowest BCUT2D eigenvalue weighted by Gasteiger charge is -2.21. The van der Waals surface area contributed by atoms with Crippen LogP contribution in [0.3, 0.4) is 0 Å². The molecule has 0 aliphatic carbocycles. The molecule has 0 aromatic rings. The molecule has 0 rings (SSSR count). The van der Waals surface area contributed by atoms with E-state index in [2.05, 4.69) is 125 Å². The van der Waals surface area contributed by atoms with Crippen LogP contribution in [0, 0.1) is 0 Å². The third-order valence-electron chi connectivity index (χ3n) is 17.0. The molecule has 102 heavy (non-hydrogen) atoms. The average Bonchev–Trinajstić information content (AvgIpc) is 0.924. The van der Waals surface area contributed by atoms with E-state index in [0.29, 0.717) is 25.7 Å². The van der Waals surface area contributed by atoms with Gasteiger partial charge in [0.2, 0.25) is 0 Å². The summed E-state index contributed by atoms with van der Waals surface area (Å²) < 4.78 is 68.6. The van der Waals surface area contributed by atoms with Crippen molar-refractivity contribution in [3.63, 3.8) is 0 Å². The third-order valence-corrected chi connectivity index (χ3v) is 18.9. The van der Waals surface area contributed by atoms with Gasteiger partial charge in [0.1, 0.15) is 19.3 Å². The highest BCUT2D eigenvalue weighted by molar-refractivity contribution is 7.47. The molecule has 0 radical (unpaired) electrons. The normalized spacial score (nSPS) is 14.4. The van der Waals surface area contributed by atoms with Gasteiger partial charge in [-0.15, -0.1) is 0 Å². The minimum absolute atomic E-state index is 0.0544. The quantitative estimate of drug-likeness (QED) is 0.0169. The summed E-state index contributed by atoms with van der Waals surface area (Å²) in [5, 5.41) is 10.6. The number of aliphatic hydroxyl groups is 1. The van der Waals surface area contributed by atoms with Crippen molar-refractivity contribution in [3.05, 3.63) is 97.2 Å². The summed E-state index contributed by atoms with van der Waals surface area (Å²) in [5.74, 6) is -2.21. The van der Waals surface area contributed by atoms with E-state index >= 15 is 0 Å². The standard InChI is InChI=1S/C83H146O17P2/c1-5-9-13-17-21-25-29-33-36-37-38-39-42-46-50-54-58-62-66-70-83(88)100-78(73-93-80(85)67-63-59-55-51-47-43-32-28-24-20-16-12-8-4)75-97-101(89,90)95-71-77(84)72-96-102(91,92)98-76-79(99-82(87)69-65-61-57-53-49-45-41-35-31-27-23-19-15-11-7-3)74-94-81(86)68-64-60-56-52-48-44-40-34-30-26-22-18-14-10-6-2/h9,13,21,25-28,30-33,36,38-39,46,50,77-79,84H,5-8,10-12,14-20,22-24,29,34-35,37,40-45,47-49,51-76H2,1-4H3,(H,89,90)(H,91,92)/b13-9-,25-21-,30-26-,31-27-,32-28-,36-33-,39-38-,50-46-/t77-,78+,79+/m0/s1. The van der Waals surface area contributed by atoms with Gasteiger partial charge in [0.25, 0.3) is 0 Å². The van der Waals surface area contributed by atoms with Crippen LogP contribution in [-0.2, 0) is 65.4 Å². The number of carbonyl (C=O) groups excluding carboxylic acids is 4. The number of hydrogen-bond acceptors (Lipinski definition) is 15. The first-order valence-corrected chi connectivity index (χ1v) is 43.5. The van der Waals surface area contributed by atoms with Crippen molar-refractivity contribution in [1.29, 1.82) is 0 Å². The van der Waals surface area contributed by atoms with Gasteiger partial charge in [-0.2, -0.15) is 0 Å². The SMILES string of the molecule is CC/C=C\C/C=C\C/C=C\C/C=C\C/C=C\CCCCCC(=O)O[C@H](COC(=O)CCCCCCC/C=C\CCCCCC)COP(=O)(O)OC[C@H](O)COP(=O)(O)OC[C@@H](COC(=O)CCCCCCCCC/C=C\CCCCCC)OC(=O)CCCCCCCCC/C=C\CCCCCC. The molecular formula is C83H146O17P2. The van der Waals surface area contributed by atoms with Crippen LogP contribution in [0.5, 0.6) is 0 Å². The second kappa shape index (κ2) is 75.2. The molecule has 0 aliphatic heterocycles. The number of rotatable bonds is 76. The van der Waals surface area contributed by atoms with E-state index in [0.717, 1.165) is 180 Å². The van der Waals surface area contributed by atoms with E-state index in [4.69, 9.17) is 37.0 Å². The summed E-state index contributed by atoms with van der Waals surface area (Å²) in [7, 11) is -9.97. The maximum absolute atomic E-state index is 13.1. The average molecular weight is 1480 g/mol. The monoisotopic (exact) mass is 1480 g/mol. The number of unbranched alkanes of at least 4 members (excludes halogenated alkanes) is 34. The van der Waals surface area contributed by atoms with Gasteiger partial charge in [0.15, 0.2) is 12.2 Å². The van der Waals surface area contributed by atoms with Crippen LogP contribution in [0.15, 0.2) is 97.2 Å². The lowest BCUT2D eigenvalue weighted by molar-refractivity contribution is -0.161. The van der Waals surface area contributed by atoms with Crippen LogP contribution >= 0.6 is 15.6 Å². The first-order valence-electron chi connectivity index (χ1n) is 40.5. The Labute approximate surface area is 620 Å². The third kappa shape index (κ3) is 74.3. The zero-order chi connectivity index (χ0) is 74.6. The Balaban J connectivity index is 5.38. The summed E-state index contributed by atoms with van der Waals surface area (Å²) in [6, 6.07) is 0. The number of esters is 4. The largest absolute Gasteiger partial charge is 0.472 e. The zero-order valence-corrected chi connectivity index (χ0v) is 66.3. The van der Waals surface area contributed by atoms with E-state index in [1.54, 1.807) is 0 Å². The summed E-state index contributed by atoms with van der Waals surface area (Å²) in [6.45, 7) is 4.71. The van der Waals surface area contributed by atoms with E-state index in [9.17, 15) is 43.2 Å². The minimum atomic E-state index is -4.99. The van der Waals surface area contributed by atoms with Crippen molar-refractivity contribution in [3.8, 4) is 0 Å². The molecule has 17 nitrogen and oxygen atoms in total. The fourth-order valence-electron chi connectivity index (χ4n) is 10.8. The molecule has 590 valence electrons. The number of carbonyl (C=O) groups is 4. The first-order chi connectivity index (χ1) is 49.7. The van der Waals surface area contributed by atoms with Crippen molar-refractivity contribution in [1.82, 2.24) is 0 Å². The van der Waals surface area contributed by atoms with Crippen molar-refractivity contribution >= 4 is 39.5 Å². The molecule has 19 heteroatoms. The Morgan fingerprint density at radius 1 is 0.284 bits per heavy atom. The molecule has 0 heterocycles. The van der Waals surface area contributed by atoms with Gasteiger partial charge in [-0.05, 0) is 148 Å². The summed E-state index contributed by atoms with van der Waals surface area (Å²) >= 11 is 0. The fourth-order valence-corrected chi connectivity index (χ4v) is 12.4. The summed E-state index contributed by atoms with van der Waals surface area (Å²) in [6.07, 6.45) is 79.5. The number of phosphoric acid groups is 2. The van der Waals surface area contributed by atoms with Gasteiger partial charge in [0, 0.05) is 25.7 Å². The highest BCUT2D eigenvalue weighted by Crippen LogP contribution is 2.45. The Morgan fingerprint density at radius 3 is 0.804 bits per heavy atom. The maximum Gasteiger partial charge on any atom is 0.472 e. The summed E-state index contributed by atoms with van der Waals surface area (Å²) in [4.78, 5) is 73.0. The molecular weight excluding hydrogens is 1330 g/mol. The second-order valence-electron chi connectivity index (χ2n) is 27.0. The molecule has 0 amide bonds. The molecule has 2 unspecified atom stereocenters. The maximum atomic E-state index is 13.1. The second-order valence-corrected chi connectivity index (χ2v) is 29.9. The Kier molecular flexibility index (Phi) is 72.3. The van der Waals surface area contributed by atoms with Crippen molar-refractivity contribution < 1.29 is 80.2 Å². The minimum Gasteiger partial charge on any atom is -0.462 e. The van der Waals surface area contributed by atoms with Crippen LogP contribution in [0.2, 0.25) is 0 Å². The van der Waals surface area contributed by atoms with Gasteiger partial charge in [0.05, 0.1) is 26.4 Å². The van der Waals surface area contributed by atoms with E-state index in [-0.39, 0.29) is 25.7 Å². The lowest BCUT2D eigenvalue weighted by Crippen LogP contribution is -2.30. The Morgan fingerprint density at radius 2 is 0.510 bits per heavy atom. The fraction of sp³-hybridized carbons (Fsp3) is 0.759. The molecule has 5 atom stereocenters.